The lowest BCUT2D eigenvalue weighted by atomic mass is 10.1. The molecule has 0 radical (unpaired) electrons. The van der Waals surface area contributed by atoms with Crippen LogP contribution in [-0.2, 0) is 10.9 Å². The van der Waals surface area contributed by atoms with E-state index in [0.29, 0.717) is 0 Å². The number of benzene rings is 4. The van der Waals surface area contributed by atoms with Gasteiger partial charge in [0.05, 0.1) is 21.3 Å². The van der Waals surface area contributed by atoms with Gasteiger partial charge in [-0.15, -0.1) is 0 Å². The molecule has 0 spiro atoms. The maximum Gasteiger partial charge on any atom is 0.216 e. The van der Waals surface area contributed by atoms with Crippen LogP contribution < -0.4 is 14.2 Å². The highest BCUT2D eigenvalue weighted by atomic mass is 32.2. The Morgan fingerprint density at radius 2 is 1.10 bits per heavy atom. The van der Waals surface area contributed by atoms with E-state index >= 15 is 0 Å². The molecule has 3 nitrogen and oxygen atoms in total. The van der Waals surface area contributed by atoms with Crippen molar-refractivity contribution < 1.29 is 14.2 Å². The third kappa shape index (κ3) is 3.76. The number of ether oxygens (including phenoxy) is 3. The van der Waals surface area contributed by atoms with Crippen molar-refractivity contribution in [1.82, 2.24) is 0 Å². The quantitative estimate of drug-likeness (QED) is 0.372. The van der Waals surface area contributed by atoms with Crippen LogP contribution >= 0.6 is 0 Å². The van der Waals surface area contributed by atoms with E-state index in [0.717, 1.165) is 17.2 Å². The van der Waals surface area contributed by atoms with Crippen LogP contribution in [0.4, 0.5) is 0 Å². The first kappa shape index (κ1) is 19.2. The minimum Gasteiger partial charge on any atom is -0.497 e. The van der Waals surface area contributed by atoms with E-state index in [9.17, 15) is 0 Å². The highest BCUT2D eigenvalue weighted by Crippen LogP contribution is 2.41. The molecule has 0 fully saturated rings. The summed E-state index contributed by atoms with van der Waals surface area (Å²) < 4.78 is 16.6. The molecular weight excluding hydrogens is 380 g/mol. The molecule has 4 rings (SSSR count). The minimum absolute atomic E-state index is 0.357. The van der Waals surface area contributed by atoms with Gasteiger partial charge in [-0.25, -0.2) is 0 Å². The molecule has 0 aromatic heterocycles. The lowest BCUT2D eigenvalue weighted by Crippen LogP contribution is -2.08. The van der Waals surface area contributed by atoms with E-state index in [2.05, 4.69) is 60.7 Å². The lowest BCUT2D eigenvalue weighted by molar-refractivity contribution is 0.405. The molecule has 0 heterocycles. The third-order valence-electron chi connectivity index (χ3n) is 4.86. The Morgan fingerprint density at radius 1 is 0.552 bits per heavy atom. The van der Waals surface area contributed by atoms with Gasteiger partial charge in [-0.05, 0) is 66.0 Å². The molecule has 0 saturated heterocycles. The van der Waals surface area contributed by atoms with E-state index in [1.807, 2.05) is 24.3 Å². The monoisotopic (exact) mass is 403 g/mol. The zero-order valence-corrected chi connectivity index (χ0v) is 17.5. The predicted molar refractivity (Wildman–Crippen MR) is 119 cm³/mol. The topological polar surface area (TPSA) is 27.7 Å². The molecule has 0 saturated carbocycles. The summed E-state index contributed by atoms with van der Waals surface area (Å²) in [5.41, 5.74) is 0. The van der Waals surface area contributed by atoms with E-state index in [1.165, 1.54) is 25.5 Å². The fourth-order valence-electron chi connectivity index (χ4n) is 3.39. The van der Waals surface area contributed by atoms with Gasteiger partial charge in [-0.1, -0.05) is 24.3 Å². The van der Waals surface area contributed by atoms with E-state index in [4.69, 9.17) is 14.2 Å². The molecule has 0 aliphatic rings. The van der Waals surface area contributed by atoms with Crippen LogP contribution in [0.5, 0.6) is 17.2 Å². The Labute approximate surface area is 174 Å². The fraction of sp³-hybridized carbons (Fsp3) is 0.120. The van der Waals surface area contributed by atoms with Crippen molar-refractivity contribution in [1.29, 1.82) is 0 Å². The van der Waals surface area contributed by atoms with Crippen molar-refractivity contribution in [3.63, 3.8) is 0 Å². The van der Waals surface area contributed by atoms with Crippen molar-refractivity contribution >= 4 is 21.7 Å². The van der Waals surface area contributed by atoms with Crippen LogP contribution in [0.15, 0.2) is 99.6 Å². The summed E-state index contributed by atoms with van der Waals surface area (Å²) in [6.07, 6.45) is 0. The summed E-state index contributed by atoms with van der Waals surface area (Å²) in [6, 6.07) is 29.2. The molecule has 0 atom stereocenters. The van der Waals surface area contributed by atoms with E-state index in [1.54, 1.807) is 21.3 Å². The highest BCUT2D eigenvalue weighted by Gasteiger charge is 2.34. The van der Waals surface area contributed by atoms with Gasteiger partial charge in [-0.3, -0.25) is 0 Å². The zero-order chi connectivity index (χ0) is 20.2. The Balaban J connectivity index is 1.98. The molecule has 29 heavy (non-hydrogen) atoms. The first-order valence-corrected chi connectivity index (χ1v) is 10.6. The molecule has 4 heteroatoms. The smallest absolute Gasteiger partial charge is 0.216 e. The number of hydrogen-bond acceptors (Lipinski definition) is 3. The van der Waals surface area contributed by atoms with Crippen LogP contribution in [0.3, 0.4) is 0 Å². The second-order valence-electron chi connectivity index (χ2n) is 6.48. The molecule has 0 unspecified atom stereocenters. The Morgan fingerprint density at radius 3 is 1.62 bits per heavy atom. The number of methoxy groups -OCH3 is 3. The van der Waals surface area contributed by atoms with Crippen LogP contribution in [0.25, 0.3) is 10.8 Å². The molecule has 4 aromatic carbocycles. The average molecular weight is 404 g/mol. The Hall–Kier alpha value is -3.11. The number of rotatable bonds is 6. The van der Waals surface area contributed by atoms with Crippen LogP contribution in [0, 0.1) is 0 Å². The Kier molecular flexibility index (Phi) is 5.63. The second-order valence-corrected chi connectivity index (χ2v) is 8.44. The van der Waals surface area contributed by atoms with Gasteiger partial charge in [-0.2, -0.15) is 0 Å². The van der Waals surface area contributed by atoms with E-state index < -0.39 is 0 Å². The van der Waals surface area contributed by atoms with Crippen LogP contribution in [-0.4, -0.2) is 21.3 Å². The van der Waals surface area contributed by atoms with Gasteiger partial charge in [0.25, 0.3) is 0 Å². The maximum absolute atomic E-state index is 5.82. The van der Waals surface area contributed by atoms with Crippen molar-refractivity contribution in [3.05, 3.63) is 84.9 Å². The summed E-state index contributed by atoms with van der Waals surface area (Å²) in [6.45, 7) is 0. The average Bonchev–Trinajstić information content (AvgIpc) is 2.80. The van der Waals surface area contributed by atoms with E-state index in [-0.39, 0.29) is 10.9 Å². The molecule has 146 valence electrons. The second kappa shape index (κ2) is 8.50. The van der Waals surface area contributed by atoms with Crippen molar-refractivity contribution in [2.24, 2.45) is 0 Å². The van der Waals surface area contributed by atoms with Gasteiger partial charge < -0.3 is 14.2 Å². The molecule has 0 amide bonds. The van der Waals surface area contributed by atoms with Crippen LogP contribution in [0.2, 0.25) is 0 Å². The summed E-state index contributed by atoms with van der Waals surface area (Å²) in [4.78, 5) is 3.58. The van der Waals surface area contributed by atoms with Gasteiger partial charge in [0.2, 0.25) is 4.90 Å². The fourth-order valence-corrected chi connectivity index (χ4v) is 5.71. The number of hydrogen-bond donors (Lipinski definition) is 0. The van der Waals surface area contributed by atoms with Crippen LogP contribution in [0.1, 0.15) is 0 Å². The number of fused-ring (bicyclic) bond motifs is 1. The van der Waals surface area contributed by atoms with Gasteiger partial charge in [0, 0.05) is 5.39 Å². The first-order chi connectivity index (χ1) is 14.2. The van der Waals surface area contributed by atoms with Gasteiger partial charge in [0.15, 0.2) is 15.5 Å². The summed E-state index contributed by atoms with van der Waals surface area (Å²) in [5, 5.41) is 2.39. The van der Waals surface area contributed by atoms with Gasteiger partial charge in [0.1, 0.15) is 22.4 Å². The highest BCUT2D eigenvalue weighted by molar-refractivity contribution is 7.97. The molecule has 0 N–H and O–H groups in total. The lowest BCUT2D eigenvalue weighted by Gasteiger charge is -2.14. The first-order valence-electron chi connectivity index (χ1n) is 9.33. The summed E-state index contributed by atoms with van der Waals surface area (Å²) in [5.74, 6) is 2.58. The van der Waals surface area contributed by atoms with Crippen molar-refractivity contribution in [2.45, 2.75) is 14.7 Å². The molecule has 0 bridgehead atoms. The Bertz CT molecular complexity index is 1060. The molecule has 4 aromatic rings. The largest absolute Gasteiger partial charge is 0.497 e. The van der Waals surface area contributed by atoms with Crippen molar-refractivity contribution in [2.75, 3.05) is 21.3 Å². The SMILES string of the molecule is COc1ccc([S+](c2ccc(OC)cc2)c2c(OC)ccc3ccccc23)cc1. The maximum atomic E-state index is 5.82. The van der Waals surface area contributed by atoms with Crippen molar-refractivity contribution in [3.8, 4) is 17.2 Å². The zero-order valence-electron chi connectivity index (χ0n) is 16.7. The normalized spacial score (nSPS) is 10.9. The molecule has 0 aliphatic heterocycles. The summed E-state index contributed by atoms with van der Waals surface area (Å²) >= 11 is 0. The molecule has 0 aliphatic carbocycles. The predicted octanol–water partition coefficient (Wildman–Crippen LogP) is 5.96. The molecular formula is C25H23O3S+. The van der Waals surface area contributed by atoms with Gasteiger partial charge >= 0.3 is 0 Å². The summed E-state index contributed by atoms with van der Waals surface area (Å²) in [7, 11) is 4.75. The third-order valence-corrected chi connectivity index (χ3v) is 7.17. The standard InChI is InChI=1S/C25H23O3S/c1-26-19-9-13-21(14-10-19)29(22-15-11-20(27-2)12-16-22)25-23-7-5-4-6-18(23)8-17-24(25)28-3/h4-17H,1-3H3/q+1. The minimum atomic E-state index is -0.357.